The minimum absolute atomic E-state index is 0.190. The van der Waals surface area contributed by atoms with E-state index in [0.29, 0.717) is 16.2 Å². The normalized spacial score (nSPS) is 11.4. The van der Waals surface area contributed by atoms with Crippen LogP contribution in [0.2, 0.25) is 5.02 Å². The number of nitriles is 1. The Hall–Kier alpha value is -3.81. The Morgan fingerprint density at radius 1 is 1.03 bits per heavy atom. The second kappa shape index (κ2) is 9.55. The minimum Gasteiger partial charge on any atom is -0.478 e. The van der Waals surface area contributed by atoms with Crippen molar-refractivity contribution >= 4 is 40.1 Å². The molecule has 0 aliphatic carbocycles. The first-order valence-electron chi connectivity index (χ1n) is 10.3. The monoisotopic (exact) mass is 440 g/mol. The summed E-state index contributed by atoms with van der Waals surface area (Å²) in [5.74, 6) is -0.991. The Balaban J connectivity index is 1.65. The summed E-state index contributed by atoms with van der Waals surface area (Å²) in [6.07, 6.45) is 5.85. The van der Waals surface area contributed by atoms with Crippen molar-refractivity contribution in [3.8, 4) is 6.07 Å². The molecule has 0 saturated heterocycles. The Kier molecular flexibility index (Phi) is 6.39. The molecular weight excluding hydrogens is 420 g/mol. The van der Waals surface area contributed by atoms with Crippen molar-refractivity contribution in [1.29, 1.82) is 5.26 Å². The summed E-state index contributed by atoms with van der Waals surface area (Å²) >= 11 is 6.27. The van der Waals surface area contributed by atoms with Gasteiger partial charge in [0.25, 0.3) is 0 Å². The van der Waals surface area contributed by atoms with Crippen LogP contribution in [-0.2, 0) is 13.0 Å². The predicted molar refractivity (Wildman–Crippen MR) is 129 cm³/mol. The van der Waals surface area contributed by atoms with E-state index in [2.05, 4.69) is 41.1 Å². The maximum Gasteiger partial charge on any atom is 0.335 e. The molecule has 1 heterocycles. The van der Waals surface area contributed by atoms with Crippen LogP contribution in [0.5, 0.6) is 0 Å². The maximum atomic E-state index is 11.1. The molecule has 0 unspecified atom stereocenters. The number of halogens is 1. The zero-order valence-electron chi connectivity index (χ0n) is 17.3. The minimum atomic E-state index is -0.991. The number of carboxylic acid groups (broad SMARTS) is 1. The molecule has 1 aromatic heterocycles. The number of hydrogen-bond donors (Lipinski definition) is 1. The third-order valence-corrected chi connectivity index (χ3v) is 5.68. The number of nitrogens with zero attached hydrogens (tertiary/aromatic N) is 2. The second-order valence-corrected chi connectivity index (χ2v) is 8.02. The Morgan fingerprint density at radius 3 is 2.44 bits per heavy atom. The Bertz CT molecular complexity index is 1330. The molecule has 0 atom stereocenters. The van der Waals surface area contributed by atoms with Gasteiger partial charge in [-0.2, -0.15) is 5.26 Å². The van der Waals surface area contributed by atoms with Gasteiger partial charge in [-0.25, -0.2) is 4.79 Å². The molecule has 0 aliphatic rings. The van der Waals surface area contributed by atoms with Crippen molar-refractivity contribution in [2.24, 2.45) is 0 Å². The van der Waals surface area contributed by atoms with Crippen LogP contribution in [0, 0.1) is 11.3 Å². The standard InChI is InChI=1S/C27H21ClN2O2/c28-24-12-13-25-23(15-22(17-29)20-8-10-21(11-9-20)27(31)32)18-30(26(25)16-24)14-4-7-19-5-2-1-3-6-19/h1-3,5-6,8-13,15-16,18H,4,7,14H2,(H,31,32)/b22-15+. The molecule has 0 fully saturated rings. The summed E-state index contributed by atoms with van der Waals surface area (Å²) < 4.78 is 2.18. The van der Waals surface area contributed by atoms with Crippen molar-refractivity contribution in [2.45, 2.75) is 19.4 Å². The molecule has 0 amide bonds. The van der Waals surface area contributed by atoms with Crippen LogP contribution in [0.25, 0.3) is 22.6 Å². The van der Waals surface area contributed by atoms with Crippen LogP contribution in [0.1, 0.15) is 33.5 Å². The van der Waals surface area contributed by atoms with E-state index in [1.165, 1.54) is 17.7 Å². The number of hydrogen-bond acceptors (Lipinski definition) is 2. The van der Waals surface area contributed by atoms with E-state index in [0.717, 1.165) is 35.9 Å². The molecule has 3 aromatic carbocycles. The third-order valence-electron chi connectivity index (χ3n) is 5.45. The summed E-state index contributed by atoms with van der Waals surface area (Å²) in [6.45, 7) is 0.828. The lowest BCUT2D eigenvalue weighted by Gasteiger charge is -2.06. The first kappa shape index (κ1) is 21.4. The van der Waals surface area contributed by atoms with Crippen LogP contribution >= 0.6 is 11.6 Å². The smallest absolute Gasteiger partial charge is 0.335 e. The predicted octanol–water partition coefficient (Wildman–Crippen LogP) is 6.69. The third kappa shape index (κ3) is 4.74. The summed E-state index contributed by atoms with van der Waals surface area (Å²) in [5, 5.41) is 20.5. The highest BCUT2D eigenvalue weighted by molar-refractivity contribution is 6.31. The van der Waals surface area contributed by atoms with Crippen LogP contribution in [-0.4, -0.2) is 15.6 Å². The molecule has 1 N–H and O–H groups in total. The molecule has 5 heteroatoms. The van der Waals surface area contributed by atoms with E-state index in [1.54, 1.807) is 12.1 Å². The van der Waals surface area contributed by atoms with Crippen molar-refractivity contribution < 1.29 is 9.90 Å². The van der Waals surface area contributed by atoms with E-state index in [4.69, 9.17) is 16.7 Å². The van der Waals surface area contributed by atoms with E-state index in [9.17, 15) is 10.1 Å². The number of aromatic nitrogens is 1. The van der Waals surface area contributed by atoms with Gasteiger partial charge in [-0.1, -0.05) is 60.1 Å². The molecule has 4 rings (SSSR count). The van der Waals surface area contributed by atoms with Gasteiger partial charge in [0.15, 0.2) is 0 Å². The average Bonchev–Trinajstić information content (AvgIpc) is 3.14. The number of allylic oxidation sites excluding steroid dienone is 1. The highest BCUT2D eigenvalue weighted by Crippen LogP contribution is 2.29. The highest BCUT2D eigenvalue weighted by Gasteiger charge is 2.11. The van der Waals surface area contributed by atoms with E-state index >= 15 is 0 Å². The molecule has 158 valence electrons. The lowest BCUT2D eigenvalue weighted by atomic mass is 10.0. The second-order valence-electron chi connectivity index (χ2n) is 7.58. The van der Waals surface area contributed by atoms with Crippen molar-refractivity contribution in [3.63, 3.8) is 0 Å². The number of rotatable bonds is 7. The molecular formula is C27H21ClN2O2. The van der Waals surface area contributed by atoms with Gasteiger partial charge >= 0.3 is 5.97 Å². The molecule has 4 nitrogen and oxygen atoms in total. The number of carbonyl (C=O) groups is 1. The first-order valence-corrected chi connectivity index (χ1v) is 10.7. The topological polar surface area (TPSA) is 66.0 Å². The van der Waals surface area contributed by atoms with Crippen LogP contribution in [0.4, 0.5) is 0 Å². The van der Waals surface area contributed by atoms with E-state index in [1.807, 2.05) is 30.3 Å². The fraction of sp³-hybridized carbons (Fsp3) is 0.111. The van der Waals surface area contributed by atoms with Gasteiger partial charge in [-0.15, -0.1) is 0 Å². The van der Waals surface area contributed by atoms with Gasteiger partial charge in [-0.05, 0) is 54.3 Å². The number of fused-ring (bicyclic) bond motifs is 1. The van der Waals surface area contributed by atoms with Gasteiger partial charge in [0.05, 0.1) is 22.7 Å². The SMILES string of the molecule is N#C/C(=C\c1cn(CCCc2ccccc2)c2cc(Cl)ccc12)c1ccc(C(=O)O)cc1. The van der Waals surface area contributed by atoms with Gasteiger partial charge < -0.3 is 9.67 Å². The van der Waals surface area contributed by atoms with Gasteiger partial charge in [0.1, 0.15) is 0 Å². The molecule has 0 saturated carbocycles. The maximum absolute atomic E-state index is 11.1. The van der Waals surface area contributed by atoms with Gasteiger partial charge in [-0.3, -0.25) is 0 Å². The highest BCUT2D eigenvalue weighted by atomic mass is 35.5. The molecule has 4 aromatic rings. The number of benzene rings is 3. The first-order chi connectivity index (χ1) is 15.5. The van der Waals surface area contributed by atoms with Gasteiger partial charge in [0.2, 0.25) is 0 Å². The van der Waals surface area contributed by atoms with Crippen molar-refractivity contribution in [2.75, 3.05) is 0 Å². The fourth-order valence-corrected chi connectivity index (χ4v) is 3.99. The quantitative estimate of drug-likeness (QED) is 0.325. The summed E-state index contributed by atoms with van der Waals surface area (Å²) in [4.78, 5) is 11.1. The zero-order chi connectivity index (χ0) is 22.5. The van der Waals surface area contributed by atoms with Gasteiger partial charge in [0, 0.05) is 28.7 Å². The summed E-state index contributed by atoms with van der Waals surface area (Å²) in [7, 11) is 0. The lowest BCUT2D eigenvalue weighted by molar-refractivity contribution is 0.0697. The van der Waals surface area contributed by atoms with E-state index in [-0.39, 0.29) is 5.56 Å². The Labute approximate surface area is 191 Å². The molecule has 0 radical (unpaired) electrons. The summed E-state index contributed by atoms with van der Waals surface area (Å²) in [5.41, 5.74) is 4.59. The fourth-order valence-electron chi connectivity index (χ4n) is 3.82. The zero-order valence-corrected chi connectivity index (χ0v) is 18.1. The number of carboxylic acids is 1. The Morgan fingerprint density at radius 2 is 1.75 bits per heavy atom. The molecule has 0 aliphatic heterocycles. The summed E-state index contributed by atoms with van der Waals surface area (Å²) in [6, 6.07) is 24.7. The van der Waals surface area contributed by atoms with Crippen LogP contribution in [0.15, 0.2) is 79.0 Å². The van der Waals surface area contributed by atoms with Crippen LogP contribution < -0.4 is 0 Å². The lowest BCUT2D eigenvalue weighted by Crippen LogP contribution is -1.98. The van der Waals surface area contributed by atoms with Crippen molar-refractivity contribution in [3.05, 3.63) is 106 Å². The van der Waals surface area contributed by atoms with Crippen molar-refractivity contribution in [1.82, 2.24) is 4.57 Å². The molecule has 0 bridgehead atoms. The van der Waals surface area contributed by atoms with Crippen LogP contribution in [0.3, 0.4) is 0 Å². The largest absolute Gasteiger partial charge is 0.478 e. The average molecular weight is 441 g/mol. The number of aryl methyl sites for hydroxylation is 2. The molecule has 0 spiro atoms. The molecule has 32 heavy (non-hydrogen) atoms. The van der Waals surface area contributed by atoms with E-state index < -0.39 is 5.97 Å². The number of aromatic carboxylic acids is 1.